The molecule has 0 atom stereocenters. The van der Waals surface area contributed by atoms with Crippen molar-refractivity contribution in [1.29, 1.82) is 0 Å². The zero-order valence-corrected chi connectivity index (χ0v) is 10.7. The highest BCUT2D eigenvalue weighted by Gasteiger charge is 2.07. The first-order valence-electron chi connectivity index (χ1n) is 5.29. The lowest BCUT2D eigenvalue weighted by Gasteiger charge is -2.04. The summed E-state index contributed by atoms with van der Waals surface area (Å²) < 4.78 is 41.5. The molecule has 0 radical (unpaired) electrons. The van der Waals surface area contributed by atoms with Crippen molar-refractivity contribution in [3.63, 3.8) is 0 Å². The Labute approximate surface area is 115 Å². The Balaban J connectivity index is 2.02. The van der Waals surface area contributed by atoms with Gasteiger partial charge in [-0.15, -0.1) is 11.3 Å². The van der Waals surface area contributed by atoms with Crippen molar-refractivity contribution in [1.82, 2.24) is 4.98 Å². The molecule has 1 aromatic carbocycles. The largest absolute Gasteiger partial charge is 0.435 e. The van der Waals surface area contributed by atoms with Crippen LogP contribution in [0.1, 0.15) is 5.56 Å². The molecule has 0 aliphatic heterocycles. The van der Waals surface area contributed by atoms with Crippen LogP contribution in [0.5, 0.6) is 5.75 Å². The van der Waals surface area contributed by atoms with Crippen LogP contribution < -0.4 is 15.9 Å². The Kier molecular flexibility index (Phi) is 4.41. The second-order valence-corrected chi connectivity index (χ2v) is 4.37. The van der Waals surface area contributed by atoms with E-state index in [-0.39, 0.29) is 11.3 Å². The van der Waals surface area contributed by atoms with Gasteiger partial charge in [-0.3, -0.25) is 5.43 Å². The van der Waals surface area contributed by atoms with Crippen LogP contribution in [0.4, 0.5) is 24.1 Å². The van der Waals surface area contributed by atoms with Crippen LogP contribution in [-0.4, -0.2) is 17.8 Å². The van der Waals surface area contributed by atoms with Gasteiger partial charge in [0.1, 0.15) is 17.4 Å². The van der Waals surface area contributed by atoms with Crippen molar-refractivity contribution < 1.29 is 17.9 Å². The first kappa shape index (κ1) is 14.1. The van der Waals surface area contributed by atoms with Crippen LogP contribution in [0.3, 0.4) is 0 Å². The summed E-state index contributed by atoms with van der Waals surface area (Å²) in [7, 11) is 0. The third-order valence-corrected chi connectivity index (χ3v) is 2.85. The van der Waals surface area contributed by atoms with E-state index in [1.165, 1.54) is 29.7 Å². The number of halogens is 3. The van der Waals surface area contributed by atoms with Crippen molar-refractivity contribution in [3.8, 4) is 5.75 Å². The summed E-state index contributed by atoms with van der Waals surface area (Å²) >= 11 is 1.24. The molecule has 2 aromatic rings. The SMILES string of the molecule is Nc1csc(NN=Cc2ccc(OC(F)F)cc2F)n1. The molecule has 106 valence electrons. The minimum absolute atomic E-state index is 0.114. The van der Waals surface area contributed by atoms with Gasteiger partial charge in [0.25, 0.3) is 0 Å². The summed E-state index contributed by atoms with van der Waals surface area (Å²) in [4.78, 5) is 3.89. The Morgan fingerprint density at radius 2 is 2.25 bits per heavy atom. The molecule has 3 N–H and O–H groups in total. The predicted octanol–water partition coefficient (Wildman–Crippen LogP) is 2.91. The molecular formula is C11H9F3N4OS. The first-order chi connectivity index (χ1) is 9.54. The van der Waals surface area contributed by atoms with Gasteiger partial charge in [-0.1, -0.05) is 0 Å². The molecule has 1 aromatic heterocycles. The lowest BCUT2D eigenvalue weighted by Crippen LogP contribution is -2.02. The summed E-state index contributed by atoms with van der Waals surface area (Å²) in [5.74, 6) is -0.630. The molecule has 0 saturated carbocycles. The van der Waals surface area contributed by atoms with E-state index in [0.717, 1.165) is 6.07 Å². The van der Waals surface area contributed by atoms with Crippen molar-refractivity contribution >= 4 is 28.5 Å². The number of alkyl halides is 2. The van der Waals surface area contributed by atoms with Crippen LogP contribution in [0, 0.1) is 5.82 Å². The quantitative estimate of drug-likeness (QED) is 0.658. The highest BCUT2D eigenvalue weighted by molar-refractivity contribution is 7.14. The molecule has 0 spiro atoms. The molecule has 20 heavy (non-hydrogen) atoms. The second kappa shape index (κ2) is 6.24. The lowest BCUT2D eigenvalue weighted by atomic mass is 10.2. The van der Waals surface area contributed by atoms with Gasteiger partial charge in [-0.2, -0.15) is 13.9 Å². The van der Waals surface area contributed by atoms with Gasteiger partial charge in [-0.25, -0.2) is 9.37 Å². The molecule has 0 bridgehead atoms. The van der Waals surface area contributed by atoms with Crippen LogP contribution in [0.25, 0.3) is 0 Å². The number of anilines is 2. The Morgan fingerprint density at radius 1 is 1.45 bits per heavy atom. The van der Waals surface area contributed by atoms with E-state index >= 15 is 0 Å². The zero-order chi connectivity index (χ0) is 14.5. The van der Waals surface area contributed by atoms with Crippen LogP contribution in [0.2, 0.25) is 0 Å². The van der Waals surface area contributed by atoms with Gasteiger partial charge in [0, 0.05) is 17.0 Å². The number of benzene rings is 1. The fourth-order valence-corrected chi connectivity index (χ4v) is 1.83. The first-order valence-corrected chi connectivity index (χ1v) is 6.17. The van der Waals surface area contributed by atoms with Gasteiger partial charge in [0.2, 0.25) is 5.13 Å². The van der Waals surface area contributed by atoms with Gasteiger partial charge >= 0.3 is 6.61 Å². The maximum atomic E-state index is 13.6. The molecule has 9 heteroatoms. The maximum absolute atomic E-state index is 13.6. The fraction of sp³-hybridized carbons (Fsp3) is 0.0909. The molecule has 0 aliphatic carbocycles. The number of ether oxygens (including phenoxy) is 1. The normalized spacial score (nSPS) is 11.2. The van der Waals surface area contributed by atoms with E-state index in [9.17, 15) is 13.2 Å². The predicted molar refractivity (Wildman–Crippen MR) is 70.8 cm³/mol. The molecule has 5 nitrogen and oxygen atoms in total. The highest BCUT2D eigenvalue weighted by atomic mass is 32.1. The van der Waals surface area contributed by atoms with Crippen molar-refractivity contribution in [2.45, 2.75) is 6.61 Å². The van der Waals surface area contributed by atoms with Gasteiger partial charge in [0.05, 0.1) is 6.21 Å². The molecule has 0 aliphatic rings. The minimum Gasteiger partial charge on any atom is -0.435 e. The van der Waals surface area contributed by atoms with E-state index in [4.69, 9.17) is 5.73 Å². The van der Waals surface area contributed by atoms with Crippen molar-refractivity contribution in [2.24, 2.45) is 5.10 Å². The van der Waals surface area contributed by atoms with Gasteiger partial charge in [0.15, 0.2) is 0 Å². The summed E-state index contributed by atoms with van der Waals surface area (Å²) in [5, 5.41) is 5.84. The number of hydrazone groups is 1. The highest BCUT2D eigenvalue weighted by Crippen LogP contribution is 2.18. The Hall–Kier alpha value is -2.29. The number of hydrogen-bond donors (Lipinski definition) is 2. The summed E-state index contributed by atoms with van der Waals surface area (Å²) in [6, 6.07) is 3.35. The standard InChI is InChI=1S/C11H9F3N4OS/c12-8-3-7(19-10(13)14)2-1-6(8)4-16-18-11-17-9(15)5-20-11/h1-5,10H,15H2,(H,17,18). The molecule has 0 amide bonds. The molecular weight excluding hydrogens is 293 g/mol. The number of nitrogens with one attached hydrogen (secondary N) is 1. The van der Waals surface area contributed by atoms with E-state index < -0.39 is 12.4 Å². The van der Waals surface area contributed by atoms with Crippen molar-refractivity contribution in [3.05, 3.63) is 35.0 Å². The molecule has 0 unspecified atom stereocenters. The third kappa shape index (κ3) is 3.85. The smallest absolute Gasteiger partial charge is 0.387 e. The number of nitrogens with zero attached hydrogens (tertiary/aromatic N) is 2. The number of hydrogen-bond acceptors (Lipinski definition) is 6. The van der Waals surface area contributed by atoms with Crippen LogP contribution in [-0.2, 0) is 0 Å². The molecule has 2 rings (SSSR count). The van der Waals surface area contributed by atoms with Gasteiger partial charge < -0.3 is 10.5 Å². The average molecular weight is 302 g/mol. The monoisotopic (exact) mass is 302 g/mol. The second-order valence-electron chi connectivity index (χ2n) is 3.51. The molecule has 0 fully saturated rings. The van der Waals surface area contributed by atoms with E-state index in [1.54, 1.807) is 5.38 Å². The summed E-state index contributed by atoms with van der Waals surface area (Å²) in [5.41, 5.74) is 8.10. The number of nitrogens with two attached hydrogens (primary N) is 1. The van der Waals surface area contributed by atoms with Gasteiger partial charge in [-0.05, 0) is 12.1 Å². The Bertz CT molecular complexity index is 617. The maximum Gasteiger partial charge on any atom is 0.387 e. The molecule has 1 heterocycles. The summed E-state index contributed by atoms with van der Waals surface area (Å²) in [6.45, 7) is -2.99. The molecule has 0 saturated heterocycles. The average Bonchev–Trinajstić information content (AvgIpc) is 2.77. The zero-order valence-electron chi connectivity index (χ0n) is 9.89. The van der Waals surface area contributed by atoms with E-state index in [2.05, 4.69) is 20.2 Å². The van der Waals surface area contributed by atoms with Crippen LogP contribution in [0.15, 0.2) is 28.7 Å². The fourth-order valence-electron chi connectivity index (χ4n) is 1.28. The van der Waals surface area contributed by atoms with Crippen molar-refractivity contribution in [2.75, 3.05) is 11.2 Å². The number of thiazole rings is 1. The Morgan fingerprint density at radius 3 is 2.85 bits per heavy atom. The minimum atomic E-state index is -2.99. The van der Waals surface area contributed by atoms with Crippen LogP contribution >= 0.6 is 11.3 Å². The van der Waals surface area contributed by atoms with E-state index in [1.807, 2.05) is 0 Å². The summed E-state index contributed by atoms with van der Waals surface area (Å²) in [6.07, 6.45) is 1.19. The lowest BCUT2D eigenvalue weighted by molar-refractivity contribution is -0.0499. The number of aromatic nitrogens is 1. The van der Waals surface area contributed by atoms with E-state index in [0.29, 0.717) is 10.9 Å². The number of nitrogen functional groups attached to an aromatic ring is 1. The topological polar surface area (TPSA) is 72.5 Å². The third-order valence-electron chi connectivity index (χ3n) is 2.08. The number of rotatable bonds is 5.